The molecule has 0 rings (SSSR count). The van der Waals surface area contributed by atoms with E-state index < -0.39 is 6.10 Å². The summed E-state index contributed by atoms with van der Waals surface area (Å²) in [5, 5.41) is 0. The number of carbonyl (C=O) groups is 2. The number of esters is 2. The van der Waals surface area contributed by atoms with Crippen molar-refractivity contribution >= 4 is 11.9 Å². The Morgan fingerprint density at radius 2 is 0.712 bits per heavy atom. The van der Waals surface area contributed by atoms with Crippen LogP contribution in [0.15, 0.2) is 97.2 Å². The molecule has 66 heavy (non-hydrogen) atoms. The highest BCUT2D eigenvalue weighted by molar-refractivity contribution is 5.70. The van der Waals surface area contributed by atoms with Gasteiger partial charge in [0.05, 0.1) is 6.61 Å². The number of ether oxygens (including phenoxy) is 3. The molecule has 0 N–H and O–H groups in total. The number of hydrogen-bond donors (Lipinski definition) is 0. The van der Waals surface area contributed by atoms with Crippen molar-refractivity contribution in [2.24, 2.45) is 0 Å². The summed E-state index contributed by atoms with van der Waals surface area (Å²) in [5.74, 6) is -0.502. The maximum absolute atomic E-state index is 12.8. The highest BCUT2D eigenvalue weighted by Gasteiger charge is 2.17. The van der Waals surface area contributed by atoms with Gasteiger partial charge in [0.1, 0.15) is 6.61 Å². The van der Waals surface area contributed by atoms with Crippen LogP contribution in [0.2, 0.25) is 0 Å². The second kappa shape index (κ2) is 56.1. The van der Waals surface area contributed by atoms with Crippen LogP contribution in [0.4, 0.5) is 0 Å². The summed E-state index contributed by atoms with van der Waals surface area (Å²) in [7, 11) is 0. The quantitative estimate of drug-likeness (QED) is 0.0346. The predicted octanol–water partition coefficient (Wildman–Crippen LogP) is 19.0. The summed E-state index contributed by atoms with van der Waals surface area (Å²) < 4.78 is 17.4. The van der Waals surface area contributed by atoms with E-state index in [2.05, 4.69) is 112 Å². The minimum Gasteiger partial charge on any atom is -0.462 e. The Morgan fingerprint density at radius 1 is 0.348 bits per heavy atom. The van der Waals surface area contributed by atoms with Crippen molar-refractivity contribution in [3.8, 4) is 0 Å². The summed E-state index contributed by atoms with van der Waals surface area (Å²) in [6, 6.07) is 0. The molecular formula is C61H104O5. The van der Waals surface area contributed by atoms with Crippen LogP contribution in [0.25, 0.3) is 0 Å². The normalized spacial score (nSPS) is 13.0. The van der Waals surface area contributed by atoms with E-state index in [9.17, 15) is 9.59 Å². The van der Waals surface area contributed by atoms with Crippen LogP contribution >= 0.6 is 0 Å². The van der Waals surface area contributed by atoms with Crippen LogP contribution < -0.4 is 0 Å². The van der Waals surface area contributed by atoms with Crippen molar-refractivity contribution in [3.05, 3.63) is 97.2 Å². The minimum absolute atomic E-state index is 0.0472. The van der Waals surface area contributed by atoms with Gasteiger partial charge in [-0.2, -0.15) is 0 Å². The Kier molecular flexibility index (Phi) is 53.4. The van der Waals surface area contributed by atoms with E-state index in [1.807, 2.05) is 6.08 Å². The van der Waals surface area contributed by atoms with Gasteiger partial charge in [0, 0.05) is 19.4 Å². The van der Waals surface area contributed by atoms with Gasteiger partial charge in [-0.05, 0) is 103 Å². The molecule has 0 aromatic heterocycles. The first-order chi connectivity index (χ1) is 32.6. The van der Waals surface area contributed by atoms with Gasteiger partial charge >= 0.3 is 11.9 Å². The van der Waals surface area contributed by atoms with Gasteiger partial charge in [0.2, 0.25) is 0 Å². The van der Waals surface area contributed by atoms with Crippen LogP contribution in [-0.4, -0.2) is 37.9 Å². The van der Waals surface area contributed by atoms with E-state index in [4.69, 9.17) is 14.2 Å². The van der Waals surface area contributed by atoms with Crippen LogP contribution in [0.1, 0.15) is 252 Å². The first-order valence-electron chi connectivity index (χ1n) is 27.8. The van der Waals surface area contributed by atoms with Crippen LogP contribution in [0, 0.1) is 0 Å². The SMILES string of the molecule is CC/C=C\C/C=C\C/C=C\C/C=C\CCC(=O)OC(COCCCCCCCCCCCC/C=C\CCCCCCCC)COC(=O)CCCCCCCCC/C=C\C/C=C\C/C=C\CC. The Balaban J connectivity index is 4.32. The van der Waals surface area contributed by atoms with Crippen LogP contribution in [0.3, 0.4) is 0 Å². The Hall–Kier alpha value is -3.18. The van der Waals surface area contributed by atoms with Crippen molar-refractivity contribution < 1.29 is 23.8 Å². The topological polar surface area (TPSA) is 61.8 Å². The molecule has 0 aromatic carbocycles. The average molecular weight is 917 g/mol. The van der Waals surface area contributed by atoms with E-state index >= 15 is 0 Å². The van der Waals surface area contributed by atoms with Crippen molar-refractivity contribution in [1.82, 2.24) is 0 Å². The standard InChI is InChI=1S/C61H104O5/c1-4-7-10-13-16-19-22-25-27-29-30-31-33-35-38-41-44-47-50-53-56-64-57-59(66-61(63)55-52-49-46-43-40-36-24-21-18-15-12-9-6-3)58-65-60(62)54-51-48-45-42-39-37-34-32-28-26-23-20-17-14-11-8-5-2/h8-9,11-12,17-18,20-21,25-28,36,40,46,49,59H,4-7,10,13-16,19,22-24,29-35,37-39,41-45,47-48,50-58H2,1-3H3/b11-8-,12-9-,20-17-,21-18-,27-25-,28-26-,40-36-,49-46-. The molecule has 1 unspecified atom stereocenters. The lowest BCUT2D eigenvalue weighted by molar-refractivity contribution is -0.162. The Bertz CT molecular complexity index is 1270. The van der Waals surface area contributed by atoms with Gasteiger partial charge in [-0.1, -0.05) is 234 Å². The zero-order valence-corrected chi connectivity index (χ0v) is 43.4. The number of unbranched alkanes of at least 4 members (excludes halogenated alkanes) is 23. The number of hydrogen-bond acceptors (Lipinski definition) is 5. The van der Waals surface area contributed by atoms with E-state index in [1.165, 1.54) is 128 Å². The second-order valence-electron chi connectivity index (χ2n) is 18.1. The zero-order valence-electron chi connectivity index (χ0n) is 43.4. The predicted molar refractivity (Wildman–Crippen MR) is 288 cm³/mol. The molecule has 0 heterocycles. The number of carbonyl (C=O) groups excluding carboxylic acids is 2. The minimum atomic E-state index is -0.584. The van der Waals surface area contributed by atoms with E-state index in [0.717, 1.165) is 83.5 Å². The Labute approximate surface area is 409 Å². The fourth-order valence-corrected chi connectivity index (χ4v) is 7.53. The molecule has 1 atom stereocenters. The van der Waals surface area contributed by atoms with Gasteiger partial charge in [0.25, 0.3) is 0 Å². The lowest BCUT2D eigenvalue weighted by Gasteiger charge is -2.18. The van der Waals surface area contributed by atoms with Crippen LogP contribution in [0.5, 0.6) is 0 Å². The third-order valence-electron chi connectivity index (χ3n) is 11.6. The molecule has 0 aromatic rings. The molecule has 0 fully saturated rings. The van der Waals surface area contributed by atoms with Crippen LogP contribution in [-0.2, 0) is 23.8 Å². The summed E-state index contributed by atoms with van der Waals surface area (Å²) in [4.78, 5) is 25.4. The fraction of sp³-hybridized carbons (Fsp3) is 0.705. The molecule has 5 nitrogen and oxygen atoms in total. The van der Waals surface area contributed by atoms with E-state index in [1.54, 1.807) is 0 Å². The van der Waals surface area contributed by atoms with Gasteiger partial charge in [0.15, 0.2) is 6.10 Å². The first kappa shape index (κ1) is 62.8. The molecule has 0 aliphatic rings. The zero-order chi connectivity index (χ0) is 47.7. The molecule has 0 radical (unpaired) electrons. The molecule has 5 heteroatoms. The summed E-state index contributed by atoms with van der Waals surface area (Å²) in [5.41, 5.74) is 0. The molecule has 0 saturated heterocycles. The third-order valence-corrected chi connectivity index (χ3v) is 11.6. The lowest BCUT2D eigenvalue weighted by atomic mass is 10.1. The van der Waals surface area contributed by atoms with Crippen molar-refractivity contribution in [2.45, 2.75) is 258 Å². The summed E-state index contributed by atoms with van der Waals surface area (Å²) in [6.07, 6.45) is 75.9. The van der Waals surface area contributed by atoms with E-state index in [-0.39, 0.29) is 25.2 Å². The van der Waals surface area contributed by atoms with Gasteiger partial charge in [-0.3, -0.25) is 9.59 Å². The molecule has 0 spiro atoms. The average Bonchev–Trinajstić information content (AvgIpc) is 3.32. The number of allylic oxidation sites excluding steroid dienone is 16. The van der Waals surface area contributed by atoms with Gasteiger partial charge in [-0.15, -0.1) is 0 Å². The molecule has 378 valence electrons. The molecule has 0 aliphatic heterocycles. The smallest absolute Gasteiger partial charge is 0.306 e. The highest BCUT2D eigenvalue weighted by Crippen LogP contribution is 2.14. The summed E-state index contributed by atoms with van der Waals surface area (Å²) in [6.45, 7) is 7.52. The second-order valence-corrected chi connectivity index (χ2v) is 18.1. The molecular weight excluding hydrogens is 813 g/mol. The third kappa shape index (κ3) is 53.4. The fourth-order valence-electron chi connectivity index (χ4n) is 7.53. The molecule has 0 amide bonds. The molecule has 0 saturated carbocycles. The highest BCUT2D eigenvalue weighted by atomic mass is 16.6. The molecule has 0 bridgehead atoms. The maximum atomic E-state index is 12.8. The number of rotatable bonds is 50. The van der Waals surface area contributed by atoms with Crippen molar-refractivity contribution in [1.29, 1.82) is 0 Å². The lowest BCUT2D eigenvalue weighted by Crippen LogP contribution is -2.30. The Morgan fingerprint density at radius 3 is 1.17 bits per heavy atom. The summed E-state index contributed by atoms with van der Waals surface area (Å²) >= 11 is 0. The molecule has 0 aliphatic carbocycles. The van der Waals surface area contributed by atoms with E-state index in [0.29, 0.717) is 25.9 Å². The maximum Gasteiger partial charge on any atom is 0.306 e. The van der Waals surface area contributed by atoms with Gasteiger partial charge in [-0.25, -0.2) is 0 Å². The monoisotopic (exact) mass is 917 g/mol. The first-order valence-corrected chi connectivity index (χ1v) is 27.8. The van der Waals surface area contributed by atoms with Crippen molar-refractivity contribution in [2.75, 3.05) is 19.8 Å². The largest absolute Gasteiger partial charge is 0.462 e. The van der Waals surface area contributed by atoms with Gasteiger partial charge < -0.3 is 14.2 Å². The van der Waals surface area contributed by atoms with Crippen molar-refractivity contribution in [3.63, 3.8) is 0 Å².